The monoisotopic (exact) mass is 284 g/mol. The van der Waals surface area contributed by atoms with Crippen molar-refractivity contribution in [3.8, 4) is 0 Å². The molecule has 0 amide bonds. The predicted octanol–water partition coefficient (Wildman–Crippen LogP) is 1.87. The minimum atomic E-state index is -0.0193. The van der Waals surface area contributed by atoms with Gasteiger partial charge in [0.25, 0.3) is 0 Å². The van der Waals surface area contributed by atoms with E-state index in [0.717, 1.165) is 30.6 Å². The van der Waals surface area contributed by atoms with Crippen molar-refractivity contribution in [2.45, 2.75) is 18.5 Å². The molecule has 3 rings (SSSR count). The van der Waals surface area contributed by atoms with Gasteiger partial charge in [-0.15, -0.1) is 0 Å². The molecule has 2 unspecified atom stereocenters. The van der Waals surface area contributed by atoms with Crippen LogP contribution in [0.15, 0.2) is 36.7 Å². The quantitative estimate of drug-likeness (QED) is 0.914. The maximum Gasteiger partial charge on any atom is 0.0487 e. The first-order valence-electron chi connectivity index (χ1n) is 7.64. The van der Waals surface area contributed by atoms with Gasteiger partial charge in [0.15, 0.2) is 0 Å². The van der Waals surface area contributed by atoms with E-state index in [1.165, 1.54) is 11.8 Å². The first kappa shape index (κ1) is 14.4. The van der Waals surface area contributed by atoms with Crippen molar-refractivity contribution in [3.05, 3.63) is 42.2 Å². The predicted molar refractivity (Wildman–Crippen MR) is 87.2 cm³/mol. The molecule has 2 atom stereocenters. The lowest BCUT2D eigenvalue weighted by Crippen LogP contribution is -2.45. The molecule has 4 heteroatoms. The highest BCUT2D eigenvalue weighted by atomic mass is 15.2. The number of likely N-dealkylation sites (N-methyl/N-ethyl adjacent to an activating group) is 2. The van der Waals surface area contributed by atoms with Gasteiger partial charge in [0.1, 0.15) is 0 Å². The smallest absolute Gasteiger partial charge is 0.0487 e. The maximum atomic E-state index is 6.65. The SMILES string of the molecule is CN1CCCN(C)C(C(N)c2cncc3ccccc23)C1. The third-order valence-electron chi connectivity index (χ3n) is 4.59. The van der Waals surface area contributed by atoms with Gasteiger partial charge < -0.3 is 15.5 Å². The Balaban J connectivity index is 1.97. The molecule has 1 aromatic carbocycles. The molecule has 1 saturated heterocycles. The first-order valence-corrected chi connectivity index (χ1v) is 7.64. The summed E-state index contributed by atoms with van der Waals surface area (Å²) < 4.78 is 0. The minimum absolute atomic E-state index is 0.0193. The highest BCUT2D eigenvalue weighted by Crippen LogP contribution is 2.26. The van der Waals surface area contributed by atoms with Crippen LogP contribution in [-0.2, 0) is 0 Å². The number of hydrogen-bond acceptors (Lipinski definition) is 4. The number of nitrogens with zero attached hydrogens (tertiary/aromatic N) is 3. The van der Waals surface area contributed by atoms with E-state index in [4.69, 9.17) is 5.73 Å². The van der Waals surface area contributed by atoms with Crippen molar-refractivity contribution < 1.29 is 0 Å². The Morgan fingerprint density at radius 3 is 2.86 bits per heavy atom. The van der Waals surface area contributed by atoms with E-state index in [1.807, 2.05) is 18.5 Å². The molecule has 1 aliphatic heterocycles. The van der Waals surface area contributed by atoms with E-state index in [-0.39, 0.29) is 6.04 Å². The van der Waals surface area contributed by atoms with E-state index in [9.17, 15) is 0 Å². The minimum Gasteiger partial charge on any atom is -0.323 e. The normalized spacial score (nSPS) is 23.1. The van der Waals surface area contributed by atoms with Crippen molar-refractivity contribution in [3.63, 3.8) is 0 Å². The fourth-order valence-electron chi connectivity index (χ4n) is 3.31. The van der Waals surface area contributed by atoms with Gasteiger partial charge in [-0.1, -0.05) is 24.3 Å². The summed E-state index contributed by atoms with van der Waals surface area (Å²) in [5.41, 5.74) is 7.80. The van der Waals surface area contributed by atoms with Gasteiger partial charge in [-0.25, -0.2) is 0 Å². The third-order valence-corrected chi connectivity index (χ3v) is 4.59. The van der Waals surface area contributed by atoms with E-state index in [2.05, 4.69) is 47.1 Å². The van der Waals surface area contributed by atoms with Gasteiger partial charge >= 0.3 is 0 Å². The van der Waals surface area contributed by atoms with Gasteiger partial charge in [0.05, 0.1) is 0 Å². The summed E-state index contributed by atoms with van der Waals surface area (Å²) in [4.78, 5) is 9.16. The fourth-order valence-corrected chi connectivity index (χ4v) is 3.31. The molecular weight excluding hydrogens is 260 g/mol. The fraction of sp³-hybridized carbons (Fsp3) is 0.471. The summed E-state index contributed by atoms with van der Waals surface area (Å²) in [7, 11) is 4.36. The Bertz CT molecular complexity index is 607. The Kier molecular flexibility index (Phi) is 4.19. The second kappa shape index (κ2) is 6.10. The van der Waals surface area contributed by atoms with Gasteiger partial charge in [-0.05, 0) is 44.6 Å². The van der Waals surface area contributed by atoms with Gasteiger partial charge in [-0.2, -0.15) is 0 Å². The van der Waals surface area contributed by atoms with E-state index < -0.39 is 0 Å². The maximum absolute atomic E-state index is 6.65. The zero-order chi connectivity index (χ0) is 14.8. The van der Waals surface area contributed by atoms with Crippen molar-refractivity contribution in [1.82, 2.24) is 14.8 Å². The van der Waals surface area contributed by atoms with E-state index in [0.29, 0.717) is 6.04 Å². The number of rotatable bonds is 2. The molecule has 2 N–H and O–H groups in total. The number of aromatic nitrogens is 1. The summed E-state index contributed by atoms with van der Waals surface area (Å²) >= 11 is 0. The van der Waals surface area contributed by atoms with Crippen LogP contribution >= 0.6 is 0 Å². The van der Waals surface area contributed by atoms with Crippen molar-refractivity contribution in [2.24, 2.45) is 5.73 Å². The molecule has 1 aromatic heterocycles. The number of fused-ring (bicyclic) bond motifs is 1. The van der Waals surface area contributed by atoms with E-state index in [1.54, 1.807) is 0 Å². The Morgan fingerprint density at radius 1 is 1.19 bits per heavy atom. The number of hydrogen-bond donors (Lipinski definition) is 1. The molecule has 0 radical (unpaired) electrons. The molecule has 2 heterocycles. The second-order valence-corrected chi connectivity index (χ2v) is 6.14. The molecule has 0 aliphatic carbocycles. The molecule has 0 bridgehead atoms. The highest BCUT2D eigenvalue weighted by molar-refractivity contribution is 5.85. The lowest BCUT2D eigenvalue weighted by Gasteiger charge is -2.33. The average Bonchev–Trinajstić information content (AvgIpc) is 2.67. The second-order valence-electron chi connectivity index (χ2n) is 6.14. The number of benzene rings is 1. The van der Waals surface area contributed by atoms with Crippen LogP contribution < -0.4 is 5.73 Å². The molecule has 2 aromatic rings. The zero-order valence-electron chi connectivity index (χ0n) is 12.9. The van der Waals surface area contributed by atoms with Crippen molar-refractivity contribution in [1.29, 1.82) is 0 Å². The third kappa shape index (κ3) is 2.93. The molecule has 4 nitrogen and oxygen atoms in total. The van der Waals surface area contributed by atoms with Gasteiger partial charge in [-0.3, -0.25) is 4.98 Å². The summed E-state index contributed by atoms with van der Waals surface area (Å²) in [6.45, 7) is 3.24. The van der Waals surface area contributed by atoms with Crippen LogP contribution in [0.1, 0.15) is 18.0 Å². The standard InChI is InChI=1S/C17H24N4/c1-20-8-5-9-21(2)16(12-20)17(18)15-11-19-10-13-6-3-4-7-14(13)15/h3-4,6-7,10-11,16-17H,5,8-9,12,18H2,1-2H3. The van der Waals surface area contributed by atoms with Crippen molar-refractivity contribution >= 4 is 10.8 Å². The molecule has 21 heavy (non-hydrogen) atoms. The lowest BCUT2D eigenvalue weighted by molar-refractivity contribution is 0.197. The van der Waals surface area contributed by atoms with Crippen LogP contribution in [0, 0.1) is 0 Å². The number of nitrogens with two attached hydrogens (primary N) is 1. The molecule has 1 fully saturated rings. The first-order chi connectivity index (χ1) is 10.2. The van der Waals surface area contributed by atoms with Crippen LogP contribution in [0.3, 0.4) is 0 Å². The van der Waals surface area contributed by atoms with Gasteiger partial charge in [0.2, 0.25) is 0 Å². The largest absolute Gasteiger partial charge is 0.323 e. The van der Waals surface area contributed by atoms with Crippen LogP contribution in [0.5, 0.6) is 0 Å². The summed E-state index contributed by atoms with van der Waals surface area (Å²) in [6, 6.07) is 8.67. The summed E-state index contributed by atoms with van der Waals surface area (Å²) in [5.74, 6) is 0. The average molecular weight is 284 g/mol. The Labute approximate surface area is 126 Å². The topological polar surface area (TPSA) is 45.4 Å². The number of pyridine rings is 1. The molecule has 0 saturated carbocycles. The molecular formula is C17H24N4. The van der Waals surface area contributed by atoms with Crippen LogP contribution in [0.4, 0.5) is 0 Å². The molecule has 112 valence electrons. The molecule has 1 aliphatic rings. The van der Waals surface area contributed by atoms with Crippen LogP contribution in [0.25, 0.3) is 10.8 Å². The Morgan fingerprint density at radius 2 is 2.00 bits per heavy atom. The summed E-state index contributed by atoms with van der Waals surface area (Å²) in [6.07, 6.45) is 5.05. The summed E-state index contributed by atoms with van der Waals surface area (Å²) in [5, 5.41) is 2.38. The van der Waals surface area contributed by atoms with Crippen LogP contribution in [-0.4, -0.2) is 54.6 Å². The molecule has 0 spiro atoms. The van der Waals surface area contributed by atoms with Gasteiger partial charge in [0, 0.05) is 36.4 Å². The Hall–Kier alpha value is -1.49. The highest BCUT2D eigenvalue weighted by Gasteiger charge is 2.28. The lowest BCUT2D eigenvalue weighted by atomic mass is 9.96. The van der Waals surface area contributed by atoms with E-state index >= 15 is 0 Å². The van der Waals surface area contributed by atoms with Crippen LogP contribution in [0.2, 0.25) is 0 Å². The van der Waals surface area contributed by atoms with Crippen molar-refractivity contribution in [2.75, 3.05) is 33.7 Å². The zero-order valence-corrected chi connectivity index (χ0v) is 12.9.